The van der Waals surface area contributed by atoms with Crippen LogP contribution in [-0.2, 0) is 19.6 Å². The monoisotopic (exact) mass is 376 g/mol. The molecule has 0 aliphatic carbocycles. The van der Waals surface area contributed by atoms with Crippen LogP contribution in [0.1, 0.15) is 19.3 Å². The van der Waals surface area contributed by atoms with E-state index >= 15 is 0 Å². The number of rotatable bonds is 2. The molecule has 3 rings (SSSR count). The van der Waals surface area contributed by atoms with Crippen molar-refractivity contribution in [3.05, 3.63) is 28.2 Å². The first-order chi connectivity index (χ1) is 10.8. The fourth-order valence-corrected chi connectivity index (χ4v) is 5.61. The van der Waals surface area contributed by atoms with Crippen molar-refractivity contribution in [1.82, 2.24) is 9.62 Å². The smallest absolute Gasteiger partial charge is 0.244 e. The average molecular weight is 377 g/mol. The maximum absolute atomic E-state index is 13.0. The van der Waals surface area contributed by atoms with Crippen molar-refractivity contribution in [3.63, 3.8) is 0 Å². The van der Waals surface area contributed by atoms with E-state index in [9.17, 15) is 18.0 Å². The summed E-state index contributed by atoms with van der Waals surface area (Å²) in [5.74, 6) is -0.755. The van der Waals surface area contributed by atoms with Gasteiger partial charge in [0.2, 0.25) is 15.9 Å². The van der Waals surface area contributed by atoms with E-state index < -0.39 is 28.0 Å². The lowest BCUT2D eigenvalue weighted by atomic mass is 9.97. The van der Waals surface area contributed by atoms with E-state index in [4.69, 9.17) is 23.2 Å². The van der Waals surface area contributed by atoms with E-state index in [2.05, 4.69) is 5.32 Å². The lowest BCUT2D eigenvalue weighted by Crippen LogP contribution is -2.54. The van der Waals surface area contributed by atoms with Gasteiger partial charge in [-0.05, 0) is 37.5 Å². The van der Waals surface area contributed by atoms with Gasteiger partial charge in [0.25, 0.3) is 0 Å². The van der Waals surface area contributed by atoms with E-state index in [1.54, 1.807) is 0 Å². The Labute approximate surface area is 143 Å². The largest absolute Gasteiger partial charge is 0.348 e. The van der Waals surface area contributed by atoms with Crippen molar-refractivity contribution in [1.29, 1.82) is 0 Å². The minimum atomic E-state index is -4.07. The zero-order valence-corrected chi connectivity index (χ0v) is 14.3. The van der Waals surface area contributed by atoms with Crippen LogP contribution >= 0.6 is 23.2 Å². The first-order valence-electron chi connectivity index (χ1n) is 7.11. The van der Waals surface area contributed by atoms with Crippen LogP contribution in [0.5, 0.6) is 0 Å². The van der Waals surface area contributed by atoms with Gasteiger partial charge in [0.15, 0.2) is 5.78 Å². The fraction of sp³-hybridized carbons (Fsp3) is 0.429. The third kappa shape index (κ3) is 2.98. The van der Waals surface area contributed by atoms with E-state index in [-0.39, 0.29) is 27.3 Å². The van der Waals surface area contributed by atoms with Crippen molar-refractivity contribution in [2.75, 3.05) is 6.54 Å². The molecule has 2 fully saturated rings. The van der Waals surface area contributed by atoms with Gasteiger partial charge in [-0.25, -0.2) is 8.42 Å². The quantitative estimate of drug-likeness (QED) is 0.849. The van der Waals surface area contributed by atoms with Gasteiger partial charge in [-0.3, -0.25) is 9.59 Å². The Balaban J connectivity index is 2.13. The topological polar surface area (TPSA) is 83.6 Å². The van der Waals surface area contributed by atoms with Gasteiger partial charge >= 0.3 is 0 Å². The van der Waals surface area contributed by atoms with Crippen LogP contribution in [0.3, 0.4) is 0 Å². The molecule has 2 saturated heterocycles. The van der Waals surface area contributed by atoms with E-state index in [1.165, 1.54) is 18.2 Å². The van der Waals surface area contributed by atoms with Gasteiger partial charge in [-0.15, -0.1) is 0 Å². The normalized spacial score (nSPS) is 25.8. The predicted octanol–water partition coefficient (Wildman–Crippen LogP) is 1.60. The minimum Gasteiger partial charge on any atom is -0.348 e. The number of hydrogen-bond acceptors (Lipinski definition) is 4. The molecule has 1 amide bonds. The highest BCUT2D eigenvalue weighted by molar-refractivity contribution is 7.89. The summed E-state index contributed by atoms with van der Waals surface area (Å²) < 4.78 is 27.1. The molecule has 2 bridgehead atoms. The number of fused-ring (bicyclic) bond motifs is 2. The van der Waals surface area contributed by atoms with Crippen molar-refractivity contribution in [2.24, 2.45) is 0 Å². The third-order valence-electron chi connectivity index (χ3n) is 4.09. The standard InChI is InChI=1S/C14H14Cl2N2O4S/c15-8-4-9(16)6-10(5-8)23(21,22)18-11-2-1-3-12(18)14(20)17-7-13(11)19/h4-6,11-12H,1-3,7H2,(H,17,20). The van der Waals surface area contributed by atoms with Crippen molar-refractivity contribution in [3.8, 4) is 0 Å². The molecule has 2 aliphatic rings. The van der Waals surface area contributed by atoms with E-state index in [1.807, 2.05) is 0 Å². The fourth-order valence-electron chi connectivity index (χ4n) is 3.07. The van der Waals surface area contributed by atoms with Gasteiger partial charge < -0.3 is 5.32 Å². The number of benzene rings is 1. The third-order valence-corrected chi connectivity index (χ3v) is 6.42. The second-order valence-corrected chi connectivity index (χ2v) is 8.30. The highest BCUT2D eigenvalue weighted by atomic mass is 35.5. The van der Waals surface area contributed by atoms with Crippen LogP contribution in [0, 0.1) is 0 Å². The molecule has 0 saturated carbocycles. The molecule has 0 spiro atoms. The summed E-state index contributed by atoms with van der Waals surface area (Å²) in [6.07, 6.45) is 1.40. The lowest BCUT2D eigenvalue weighted by Gasteiger charge is -2.36. The molecule has 2 unspecified atom stereocenters. The Morgan fingerprint density at radius 2 is 1.65 bits per heavy atom. The first-order valence-corrected chi connectivity index (χ1v) is 9.30. The summed E-state index contributed by atoms with van der Waals surface area (Å²) in [7, 11) is -4.07. The van der Waals surface area contributed by atoms with Crippen LogP contribution in [-0.4, -0.2) is 43.0 Å². The molecule has 124 valence electrons. The van der Waals surface area contributed by atoms with Crippen molar-refractivity contribution < 1.29 is 18.0 Å². The number of Topliss-reactive ketones (excluding diaryl/α,β-unsaturated/α-hetero) is 1. The summed E-state index contributed by atoms with van der Waals surface area (Å²) in [5, 5.41) is 2.84. The van der Waals surface area contributed by atoms with E-state index in [0.717, 1.165) is 4.31 Å². The number of sulfonamides is 1. The molecule has 0 aromatic heterocycles. The summed E-state index contributed by atoms with van der Waals surface area (Å²) in [6.45, 7) is -0.150. The predicted molar refractivity (Wildman–Crippen MR) is 84.9 cm³/mol. The molecular formula is C14H14Cl2N2O4S. The zero-order valence-electron chi connectivity index (χ0n) is 12.0. The van der Waals surface area contributed by atoms with Gasteiger partial charge in [0.05, 0.1) is 17.5 Å². The first kappa shape index (κ1) is 16.7. The number of nitrogens with one attached hydrogen (secondary N) is 1. The molecule has 1 aromatic rings. The maximum Gasteiger partial charge on any atom is 0.244 e. The van der Waals surface area contributed by atoms with Gasteiger partial charge in [-0.1, -0.05) is 23.2 Å². The van der Waals surface area contributed by atoms with Crippen molar-refractivity contribution in [2.45, 2.75) is 36.2 Å². The zero-order chi connectivity index (χ0) is 16.8. The second kappa shape index (κ2) is 6.05. The molecule has 6 nitrogen and oxygen atoms in total. The molecule has 2 heterocycles. The minimum absolute atomic E-state index is 0.116. The number of halogens is 2. The van der Waals surface area contributed by atoms with Gasteiger partial charge in [-0.2, -0.15) is 4.31 Å². The Kier molecular flexibility index (Phi) is 4.39. The molecule has 1 aromatic carbocycles. The summed E-state index contributed by atoms with van der Waals surface area (Å²) in [4.78, 5) is 24.3. The maximum atomic E-state index is 13.0. The molecular weight excluding hydrogens is 363 g/mol. The van der Waals surface area contributed by atoms with Crippen LogP contribution in [0.25, 0.3) is 0 Å². The summed E-state index contributed by atoms with van der Waals surface area (Å²) >= 11 is 11.8. The number of carbonyl (C=O) groups excluding carboxylic acids is 2. The van der Waals surface area contributed by atoms with Crippen molar-refractivity contribution >= 4 is 44.9 Å². The number of amides is 1. The summed E-state index contributed by atoms with van der Waals surface area (Å²) in [5.41, 5.74) is 0. The lowest BCUT2D eigenvalue weighted by molar-refractivity contribution is -0.125. The van der Waals surface area contributed by atoms with Crippen LogP contribution in [0.15, 0.2) is 23.1 Å². The SMILES string of the molecule is O=C1CNC(=O)C2CCCC1N2S(=O)(=O)c1cc(Cl)cc(Cl)c1. The number of nitrogens with zero attached hydrogens (tertiary/aromatic N) is 1. The molecule has 23 heavy (non-hydrogen) atoms. The Hall–Kier alpha value is -1.15. The number of hydrogen-bond donors (Lipinski definition) is 1. The summed E-state index contributed by atoms with van der Waals surface area (Å²) in [6, 6.07) is 2.24. The number of piperidine rings is 1. The van der Waals surface area contributed by atoms with Gasteiger partial charge in [0, 0.05) is 10.0 Å². The van der Waals surface area contributed by atoms with Gasteiger partial charge in [0.1, 0.15) is 6.04 Å². The Bertz CT molecular complexity index is 737. The number of ketones is 1. The molecule has 2 aliphatic heterocycles. The molecule has 2 atom stereocenters. The average Bonchev–Trinajstić information content (AvgIpc) is 2.56. The molecule has 1 N–H and O–H groups in total. The highest BCUT2D eigenvalue weighted by Crippen LogP contribution is 2.33. The highest BCUT2D eigenvalue weighted by Gasteiger charge is 2.47. The van der Waals surface area contributed by atoms with Crippen LogP contribution in [0.2, 0.25) is 10.0 Å². The van der Waals surface area contributed by atoms with Crippen LogP contribution in [0.4, 0.5) is 0 Å². The van der Waals surface area contributed by atoms with E-state index in [0.29, 0.717) is 19.3 Å². The molecule has 0 radical (unpaired) electrons. The second-order valence-electron chi connectivity index (χ2n) is 5.59. The Morgan fingerprint density at radius 1 is 1.04 bits per heavy atom. The molecule has 9 heteroatoms. The van der Waals surface area contributed by atoms with Crippen LogP contribution < -0.4 is 5.32 Å². The number of carbonyl (C=O) groups is 2. The Morgan fingerprint density at radius 3 is 2.30 bits per heavy atom.